The Morgan fingerprint density at radius 3 is 2.21 bits per heavy atom. The van der Waals surface area contributed by atoms with Crippen LogP contribution in [0.25, 0.3) is 0 Å². The van der Waals surface area contributed by atoms with E-state index in [1.54, 1.807) is 7.11 Å². The molecule has 0 saturated carbocycles. The van der Waals surface area contributed by atoms with Crippen LogP contribution in [-0.2, 0) is 18.3 Å². The van der Waals surface area contributed by atoms with Gasteiger partial charge in [-0.25, -0.2) is 0 Å². The van der Waals surface area contributed by atoms with Gasteiger partial charge in [0.25, 0.3) is 0 Å². The summed E-state index contributed by atoms with van der Waals surface area (Å²) in [7, 11) is 1.68. The summed E-state index contributed by atoms with van der Waals surface area (Å²) >= 11 is 0. The number of hydrogen-bond donors (Lipinski definition) is 0. The van der Waals surface area contributed by atoms with Gasteiger partial charge < -0.3 is 4.74 Å². The molecule has 0 spiro atoms. The lowest BCUT2D eigenvalue weighted by Crippen LogP contribution is -2.19. The number of methoxy groups -OCH3 is 1. The Morgan fingerprint density at radius 2 is 1.54 bits per heavy atom. The second-order valence-electron chi connectivity index (χ2n) is 7.54. The van der Waals surface area contributed by atoms with Crippen LogP contribution in [0.2, 0.25) is 0 Å². The number of benzene rings is 3. The summed E-state index contributed by atoms with van der Waals surface area (Å²) in [4.78, 5) is 0. The third-order valence-corrected chi connectivity index (χ3v) is 5.43. The topological polar surface area (TPSA) is 9.23 Å². The number of ether oxygens (including phenoxy) is 1. The van der Waals surface area contributed by atoms with Crippen molar-refractivity contribution in [1.82, 2.24) is 0 Å². The van der Waals surface area contributed by atoms with Crippen molar-refractivity contribution in [2.24, 2.45) is 0 Å². The molecule has 0 aromatic heterocycles. The molecule has 0 amide bonds. The molecule has 0 aliphatic heterocycles. The molecule has 0 heterocycles. The molecule has 1 nitrogen and oxygen atoms in total. The molecule has 3 aromatic carbocycles. The van der Waals surface area contributed by atoms with E-state index in [1.807, 2.05) is 12.1 Å². The fourth-order valence-electron chi connectivity index (χ4n) is 3.63. The zero-order valence-electron chi connectivity index (χ0n) is 16.8. The molecule has 0 N–H and O–H groups in total. The molecule has 0 bridgehead atoms. The molecule has 142 valence electrons. The molecule has 0 radical (unpaired) electrons. The predicted octanol–water partition coefficient (Wildman–Crippen LogP) is 6.20. The minimum atomic E-state index is -0.256. The predicted molar refractivity (Wildman–Crippen MR) is 118 cm³/mol. The quantitative estimate of drug-likeness (QED) is 0.430. The lowest BCUT2D eigenvalue weighted by atomic mass is 9.78. The van der Waals surface area contributed by atoms with Gasteiger partial charge in [-0.15, -0.1) is 6.42 Å². The number of terminal acetylenes is 1. The standard InChI is InChI=1S/C27H28O/c1-4-27(2,25-15-17-26(28-3)18-16-25)19-9-14-23-12-8-13-24(21-23)20-22-10-6-5-7-11-22/h1,5-8,10-13,15-18,21H,9,14,19-20H2,2-3H3. The van der Waals surface area contributed by atoms with E-state index in [-0.39, 0.29) is 5.41 Å². The van der Waals surface area contributed by atoms with Gasteiger partial charge >= 0.3 is 0 Å². The van der Waals surface area contributed by atoms with E-state index in [9.17, 15) is 0 Å². The van der Waals surface area contributed by atoms with Gasteiger partial charge in [0, 0.05) is 0 Å². The van der Waals surface area contributed by atoms with Crippen molar-refractivity contribution in [3.63, 3.8) is 0 Å². The summed E-state index contributed by atoms with van der Waals surface area (Å²) in [5, 5.41) is 0. The molecule has 0 fully saturated rings. The number of aryl methyl sites for hydroxylation is 1. The zero-order valence-corrected chi connectivity index (χ0v) is 16.8. The molecular formula is C27H28O. The first-order chi connectivity index (χ1) is 13.6. The maximum absolute atomic E-state index is 5.92. The Bertz CT molecular complexity index is 918. The summed E-state index contributed by atoms with van der Waals surface area (Å²) < 4.78 is 5.26. The maximum atomic E-state index is 5.92. The average molecular weight is 369 g/mol. The van der Waals surface area contributed by atoms with Crippen molar-refractivity contribution in [1.29, 1.82) is 0 Å². The van der Waals surface area contributed by atoms with E-state index in [1.165, 1.54) is 22.3 Å². The number of hydrogen-bond acceptors (Lipinski definition) is 1. The van der Waals surface area contributed by atoms with E-state index >= 15 is 0 Å². The largest absolute Gasteiger partial charge is 0.497 e. The van der Waals surface area contributed by atoms with Crippen molar-refractivity contribution in [3.05, 3.63) is 101 Å². The SMILES string of the molecule is C#CC(C)(CCCc1cccc(Cc2ccccc2)c1)c1ccc(OC)cc1. The van der Waals surface area contributed by atoms with E-state index < -0.39 is 0 Å². The molecule has 0 saturated heterocycles. The lowest BCUT2D eigenvalue weighted by Gasteiger charge is -2.24. The van der Waals surface area contributed by atoms with Gasteiger partial charge in [-0.2, -0.15) is 0 Å². The lowest BCUT2D eigenvalue weighted by molar-refractivity contribution is 0.414. The molecule has 0 aliphatic rings. The van der Waals surface area contributed by atoms with Gasteiger partial charge in [0.1, 0.15) is 5.75 Å². The number of rotatable bonds is 8. The molecular weight excluding hydrogens is 340 g/mol. The Labute approximate surface area is 169 Å². The smallest absolute Gasteiger partial charge is 0.118 e. The van der Waals surface area contributed by atoms with Crippen LogP contribution in [0.1, 0.15) is 42.0 Å². The van der Waals surface area contributed by atoms with E-state index in [2.05, 4.69) is 79.6 Å². The average Bonchev–Trinajstić information content (AvgIpc) is 2.75. The first-order valence-electron chi connectivity index (χ1n) is 9.87. The molecule has 3 rings (SSSR count). The van der Waals surface area contributed by atoms with Gasteiger partial charge in [0.15, 0.2) is 0 Å². The minimum Gasteiger partial charge on any atom is -0.497 e. The summed E-state index contributed by atoms with van der Waals surface area (Å²) in [6.45, 7) is 2.15. The highest BCUT2D eigenvalue weighted by Crippen LogP contribution is 2.30. The van der Waals surface area contributed by atoms with Crippen molar-refractivity contribution < 1.29 is 4.74 Å². The van der Waals surface area contributed by atoms with Crippen LogP contribution in [0.3, 0.4) is 0 Å². The summed E-state index contributed by atoms with van der Waals surface area (Å²) in [6, 6.07) is 27.7. The monoisotopic (exact) mass is 368 g/mol. The molecule has 1 atom stereocenters. The Balaban J connectivity index is 1.61. The van der Waals surface area contributed by atoms with Crippen LogP contribution < -0.4 is 4.74 Å². The van der Waals surface area contributed by atoms with Crippen LogP contribution >= 0.6 is 0 Å². The van der Waals surface area contributed by atoms with E-state index in [0.717, 1.165) is 31.4 Å². The molecule has 1 heteroatoms. The van der Waals surface area contributed by atoms with E-state index in [0.29, 0.717) is 0 Å². The van der Waals surface area contributed by atoms with Gasteiger partial charge in [0.05, 0.1) is 12.5 Å². The Morgan fingerprint density at radius 1 is 0.857 bits per heavy atom. The van der Waals surface area contributed by atoms with E-state index in [4.69, 9.17) is 11.2 Å². The van der Waals surface area contributed by atoms with Crippen LogP contribution in [0.15, 0.2) is 78.9 Å². The van der Waals surface area contributed by atoms with Gasteiger partial charge in [-0.1, -0.05) is 72.7 Å². The third kappa shape index (κ3) is 5.05. The van der Waals surface area contributed by atoms with Crippen LogP contribution in [0.5, 0.6) is 5.75 Å². The second kappa shape index (κ2) is 9.29. The fraction of sp³-hybridized carbons (Fsp3) is 0.259. The highest BCUT2D eigenvalue weighted by Gasteiger charge is 2.23. The first-order valence-corrected chi connectivity index (χ1v) is 9.87. The van der Waals surface area contributed by atoms with Crippen molar-refractivity contribution in [3.8, 4) is 18.1 Å². The molecule has 3 aromatic rings. The highest BCUT2D eigenvalue weighted by molar-refractivity contribution is 5.37. The molecule has 1 unspecified atom stereocenters. The second-order valence-corrected chi connectivity index (χ2v) is 7.54. The first kappa shape index (κ1) is 19.8. The summed E-state index contributed by atoms with van der Waals surface area (Å²) in [5.74, 6) is 3.88. The van der Waals surface area contributed by atoms with Crippen LogP contribution in [0.4, 0.5) is 0 Å². The normalized spacial score (nSPS) is 12.8. The molecule has 0 aliphatic carbocycles. The zero-order chi connectivity index (χ0) is 19.8. The Hall–Kier alpha value is -2.98. The highest BCUT2D eigenvalue weighted by atomic mass is 16.5. The van der Waals surface area contributed by atoms with Crippen LogP contribution in [0, 0.1) is 12.3 Å². The van der Waals surface area contributed by atoms with Crippen molar-refractivity contribution in [2.45, 2.75) is 38.0 Å². The summed E-state index contributed by atoms with van der Waals surface area (Å²) in [5.41, 5.74) is 5.00. The Kier molecular flexibility index (Phi) is 6.56. The van der Waals surface area contributed by atoms with Crippen molar-refractivity contribution in [2.75, 3.05) is 7.11 Å². The minimum absolute atomic E-state index is 0.256. The van der Waals surface area contributed by atoms with Gasteiger partial charge in [0.2, 0.25) is 0 Å². The fourth-order valence-corrected chi connectivity index (χ4v) is 3.63. The molecule has 28 heavy (non-hydrogen) atoms. The summed E-state index contributed by atoms with van der Waals surface area (Å²) in [6.07, 6.45) is 9.94. The van der Waals surface area contributed by atoms with Gasteiger partial charge in [-0.05, 0) is 67.0 Å². The maximum Gasteiger partial charge on any atom is 0.118 e. The van der Waals surface area contributed by atoms with Crippen molar-refractivity contribution >= 4 is 0 Å². The van der Waals surface area contributed by atoms with Crippen LogP contribution in [-0.4, -0.2) is 7.11 Å². The van der Waals surface area contributed by atoms with Gasteiger partial charge in [-0.3, -0.25) is 0 Å². The third-order valence-electron chi connectivity index (χ3n) is 5.43.